The Labute approximate surface area is 197 Å². The summed E-state index contributed by atoms with van der Waals surface area (Å²) < 4.78 is 31.0. The highest BCUT2D eigenvalue weighted by Gasteiger charge is 2.43. The molecule has 0 saturated carbocycles. The Morgan fingerprint density at radius 1 is 1.18 bits per heavy atom. The predicted molar refractivity (Wildman–Crippen MR) is 126 cm³/mol. The highest BCUT2D eigenvalue weighted by molar-refractivity contribution is 6.16. The third-order valence-electron chi connectivity index (χ3n) is 6.44. The van der Waals surface area contributed by atoms with Crippen LogP contribution in [0.2, 0.25) is 0 Å². The van der Waals surface area contributed by atoms with Crippen molar-refractivity contribution in [3.8, 4) is 17.2 Å². The first-order valence-electron chi connectivity index (χ1n) is 11.3. The highest BCUT2D eigenvalue weighted by Crippen LogP contribution is 2.35. The van der Waals surface area contributed by atoms with Crippen LogP contribution in [0.3, 0.4) is 0 Å². The van der Waals surface area contributed by atoms with E-state index in [9.17, 15) is 9.50 Å². The number of aliphatic imine (C=N–C) groups is 1. The molecule has 9 heteroatoms. The summed E-state index contributed by atoms with van der Waals surface area (Å²) in [7, 11) is 1.41. The van der Waals surface area contributed by atoms with Crippen LogP contribution in [0.25, 0.3) is 0 Å². The summed E-state index contributed by atoms with van der Waals surface area (Å²) in [6, 6.07) is 12.1. The van der Waals surface area contributed by atoms with Crippen LogP contribution in [0.15, 0.2) is 64.8 Å². The molecule has 1 saturated heterocycles. The van der Waals surface area contributed by atoms with Crippen molar-refractivity contribution in [2.75, 3.05) is 20.3 Å². The molecule has 3 heterocycles. The van der Waals surface area contributed by atoms with Gasteiger partial charge in [0.25, 0.3) is 0 Å². The maximum Gasteiger partial charge on any atom is 0.207 e. The molecule has 178 valence electrons. The molecule has 8 nitrogen and oxygen atoms in total. The van der Waals surface area contributed by atoms with E-state index in [0.29, 0.717) is 18.2 Å². The lowest BCUT2D eigenvalue weighted by Gasteiger charge is -2.37. The lowest BCUT2D eigenvalue weighted by molar-refractivity contribution is -0.0607. The standard InChI is InChI=1S/C25H27FN4O4/c1-32-20-3-2-4-21(23(20)26)34-17-8-5-15(6-9-17)24-22-19(11-12-28-25(22)27)30(29-24)16-7-10-18(13-31)33-14-16/h2-6,8-9,11-12,16,18-19,22,31H,7,10,13-14H2,1H3,(H2,27,28). The van der Waals surface area contributed by atoms with Crippen LogP contribution in [0.1, 0.15) is 18.4 Å². The van der Waals surface area contributed by atoms with Crippen molar-refractivity contribution >= 4 is 11.5 Å². The number of hydrogen-bond donors (Lipinski definition) is 2. The third kappa shape index (κ3) is 4.12. The van der Waals surface area contributed by atoms with E-state index >= 15 is 0 Å². The van der Waals surface area contributed by atoms with Gasteiger partial charge in [-0.15, -0.1) is 0 Å². The summed E-state index contributed by atoms with van der Waals surface area (Å²) in [6.07, 6.45) is 5.27. The molecule has 4 atom stereocenters. The minimum Gasteiger partial charge on any atom is -0.494 e. The average molecular weight is 467 g/mol. The van der Waals surface area contributed by atoms with E-state index in [-0.39, 0.29) is 42.2 Å². The first-order chi connectivity index (χ1) is 16.6. The summed E-state index contributed by atoms with van der Waals surface area (Å²) in [6.45, 7) is 0.524. The molecule has 34 heavy (non-hydrogen) atoms. The van der Waals surface area contributed by atoms with Gasteiger partial charge in [-0.05, 0) is 60.9 Å². The van der Waals surface area contributed by atoms with E-state index in [1.54, 1.807) is 30.5 Å². The first kappa shape index (κ1) is 22.4. The molecule has 0 aromatic heterocycles. The zero-order valence-corrected chi connectivity index (χ0v) is 18.8. The number of nitrogens with zero attached hydrogens (tertiary/aromatic N) is 3. The maximum absolute atomic E-state index is 14.4. The molecule has 2 aromatic carbocycles. The van der Waals surface area contributed by atoms with Crippen molar-refractivity contribution in [1.82, 2.24) is 5.01 Å². The van der Waals surface area contributed by atoms with Gasteiger partial charge in [0.15, 0.2) is 11.5 Å². The second kappa shape index (κ2) is 9.44. The van der Waals surface area contributed by atoms with E-state index in [2.05, 4.69) is 10.0 Å². The fourth-order valence-electron chi connectivity index (χ4n) is 4.63. The van der Waals surface area contributed by atoms with Crippen molar-refractivity contribution < 1.29 is 23.7 Å². The van der Waals surface area contributed by atoms with Crippen molar-refractivity contribution in [2.45, 2.75) is 31.0 Å². The van der Waals surface area contributed by atoms with E-state index in [0.717, 1.165) is 24.1 Å². The Morgan fingerprint density at radius 2 is 1.97 bits per heavy atom. The van der Waals surface area contributed by atoms with E-state index in [1.807, 2.05) is 18.2 Å². The summed E-state index contributed by atoms with van der Waals surface area (Å²) in [5.74, 6) is 0.481. The number of halogens is 1. The van der Waals surface area contributed by atoms with Gasteiger partial charge in [-0.2, -0.15) is 9.49 Å². The molecule has 3 aliphatic heterocycles. The maximum atomic E-state index is 14.4. The molecule has 3 aliphatic rings. The zero-order chi connectivity index (χ0) is 23.7. The molecule has 0 amide bonds. The van der Waals surface area contributed by atoms with Crippen LogP contribution in [-0.4, -0.2) is 60.2 Å². The molecule has 4 unspecified atom stereocenters. The first-order valence-corrected chi connectivity index (χ1v) is 11.3. The van der Waals surface area contributed by atoms with Gasteiger partial charge in [0.05, 0.1) is 50.1 Å². The molecule has 5 rings (SSSR count). The summed E-state index contributed by atoms with van der Waals surface area (Å²) in [5.41, 5.74) is 8.01. The Hall–Kier alpha value is -3.43. The minimum absolute atomic E-state index is 0.0287. The molecule has 0 bridgehead atoms. The number of aliphatic hydroxyl groups is 1. The number of fused-ring (bicyclic) bond motifs is 1. The number of rotatable bonds is 6. The molecule has 0 spiro atoms. The normalized spacial score (nSPS) is 26.0. The lowest BCUT2D eigenvalue weighted by atomic mass is 9.88. The highest BCUT2D eigenvalue weighted by atomic mass is 19.1. The Morgan fingerprint density at radius 3 is 2.68 bits per heavy atom. The number of hydrazone groups is 1. The number of ether oxygens (including phenoxy) is 3. The Balaban J connectivity index is 1.38. The van der Waals surface area contributed by atoms with E-state index in [1.165, 1.54) is 13.2 Å². The van der Waals surface area contributed by atoms with Crippen molar-refractivity contribution in [3.05, 3.63) is 66.1 Å². The second-order valence-corrected chi connectivity index (χ2v) is 8.50. The average Bonchev–Trinajstić information content (AvgIpc) is 3.27. The fourth-order valence-corrected chi connectivity index (χ4v) is 4.63. The minimum atomic E-state index is -0.552. The van der Waals surface area contributed by atoms with E-state index < -0.39 is 5.82 Å². The number of amidine groups is 1. The number of methoxy groups -OCH3 is 1. The van der Waals surface area contributed by atoms with Crippen LogP contribution in [-0.2, 0) is 4.74 Å². The van der Waals surface area contributed by atoms with Gasteiger partial charge in [-0.1, -0.05) is 6.07 Å². The van der Waals surface area contributed by atoms with Crippen LogP contribution < -0.4 is 15.2 Å². The number of benzene rings is 2. The largest absolute Gasteiger partial charge is 0.494 e. The van der Waals surface area contributed by atoms with Crippen molar-refractivity contribution in [2.24, 2.45) is 21.7 Å². The number of hydrogen-bond acceptors (Lipinski definition) is 8. The third-order valence-corrected chi connectivity index (χ3v) is 6.44. The number of aliphatic hydroxyl groups excluding tert-OH is 1. The lowest BCUT2D eigenvalue weighted by Crippen LogP contribution is -2.48. The number of nitrogens with two attached hydrogens (primary N) is 1. The summed E-state index contributed by atoms with van der Waals surface area (Å²) in [5, 5.41) is 16.4. The topological polar surface area (TPSA) is 102 Å². The smallest absolute Gasteiger partial charge is 0.207 e. The molecule has 0 aliphatic carbocycles. The zero-order valence-electron chi connectivity index (χ0n) is 18.8. The second-order valence-electron chi connectivity index (χ2n) is 8.50. The van der Waals surface area contributed by atoms with Gasteiger partial charge in [0.2, 0.25) is 5.82 Å². The van der Waals surface area contributed by atoms with Gasteiger partial charge < -0.3 is 25.1 Å². The SMILES string of the molecule is COc1cccc(Oc2ccc(C3=NN(C4CCC(CO)OC4)C4C=CN=C(N)C34)cc2)c1F. The van der Waals surface area contributed by atoms with Crippen molar-refractivity contribution in [1.29, 1.82) is 0 Å². The molecule has 1 fully saturated rings. The fraction of sp³-hybridized carbons (Fsp3) is 0.360. The quantitative estimate of drug-likeness (QED) is 0.679. The van der Waals surface area contributed by atoms with Gasteiger partial charge in [-0.25, -0.2) is 4.99 Å². The Bertz CT molecular complexity index is 1130. The van der Waals surface area contributed by atoms with Crippen LogP contribution in [0.4, 0.5) is 4.39 Å². The summed E-state index contributed by atoms with van der Waals surface area (Å²) >= 11 is 0. The molecular weight excluding hydrogens is 439 g/mol. The Kier molecular flexibility index (Phi) is 6.21. The molecular formula is C25H27FN4O4. The van der Waals surface area contributed by atoms with Crippen LogP contribution in [0, 0.1) is 11.7 Å². The van der Waals surface area contributed by atoms with Gasteiger partial charge >= 0.3 is 0 Å². The van der Waals surface area contributed by atoms with Gasteiger partial charge in [0, 0.05) is 6.20 Å². The molecule has 3 N–H and O–H groups in total. The predicted octanol–water partition coefficient (Wildman–Crippen LogP) is 3.06. The molecule has 2 aromatic rings. The van der Waals surface area contributed by atoms with Gasteiger partial charge in [-0.3, -0.25) is 5.01 Å². The van der Waals surface area contributed by atoms with E-state index in [4.69, 9.17) is 25.0 Å². The van der Waals surface area contributed by atoms with Crippen LogP contribution >= 0.6 is 0 Å². The monoisotopic (exact) mass is 466 g/mol. The summed E-state index contributed by atoms with van der Waals surface area (Å²) in [4.78, 5) is 4.32. The van der Waals surface area contributed by atoms with Crippen LogP contribution in [0.5, 0.6) is 17.2 Å². The molecule has 0 radical (unpaired) electrons. The van der Waals surface area contributed by atoms with Crippen molar-refractivity contribution in [3.63, 3.8) is 0 Å². The van der Waals surface area contributed by atoms with Gasteiger partial charge in [0.1, 0.15) is 11.6 Å².